The summed E-state index contributed by atoms with van der Waals surface area (Å²) in [5, 5.41) is 12.2. The van der Waals surface area contributed by atoms with Gasteiger partial charge in [0, 0.05) is 37.3 Å². The first-order chi connectivity index (χ1) is 13.7. The molecule has 2 aromatic rings. The highest BCUT2D eigenvalue weighted by Crippen LogP contribution is 2.38. The maximum atomic E-state index is 5.97. The summed E-state index contributed by atoms with van der Waals surface area (Å²) in [4.78, 5) is 4.20. The predicted molar refractivity (Wildman–Crippen MR) is 116 cm³/mol. The Bertz CT molecular complexity index is 804. The molecule has 1 aliphatic rings. The fourth-order valence-electron chi connectivity index (χ4n) is 4.24. The van der Waals surface area contributed by atoms with E-state index in [1.807, 2.05) is 18.5 Å². The van der Waals surface area contributed by atoms with Gasteiger partial charge in [0.15, 0.2) is 0 Å². The average Bonchev–Trinajstić information content (AvgIpc) is 3.13. The van der Waals surface area contributed by atoms with Gasteiger partial charge in [0.1, 0.15) is 0 Å². The molecular weight excluding hydrogens is 360 g/mol. The summed E-state index contributed by atoms with van der Waals surface area (Å²) in [6.45, 7) is 15.1. The molecule has 2 aromatic heterocycles. The quantitative estimate of drug-likeness (QED) is 0.671. The number of hydrogen-bond acceptors (Lipinski definition) is 5. The normalized spacial score (nSPS) is 22.7. The predicted octanol–water partition coefficient (Wildman–Crippen LogP) is 4.95. The lowest BCUT2D eigenvalue weighted by molar-refractivity contribution is 0.217. The van der Waals surface area contributed by atoms with Gasteiger partial charge in [-0.1, -0.05) is 52.3 Å². The first-order valence-electron chi connectivity index (χ1n) is 10.8. The molecular formula is C24H36N4O. The zero-order valence-electron chi connectivity index (χ0n) is 18.8. The van der Waals surface area contributed by atoms with Crippen LogP contribution in [-0.2, 0) is 18.4 Å². The van der Waals surface area contributed by atoms with Crippen LogP contribution in [0.3, 0.4) is 0 Å². The number of aromatic nitrogens is 3. The zero-order valence-corrected chi connectivity index (χ0v) is 18.8. The van der Waals surface area contributed by atoms with Gasteiger partial charge in [0.05, 0.1) is 0 Å². The first-order valence-corrected chi connectivity index (χ1v) is 10.8. The van der Waals surface area contributed by atoms with Gasteiger partial charge in [-0.3, -0.25) is 4.98 Å². The average molecular weight is 397 g/mol. The van der Waals surface area contributed by atoms with Gasteiger partial charge in [0.2, 0.25) is 11.8 Å². The van der Waals surface area contributed by atoms with Crippen LogP contribution in [0.2, 0.25) is 0 Å². The largest absolute Gasteiger partial charge is 0.425 e. The molecule has 3 rings (SSSR count). The third-order valence-corrected chi connectivity index (χ3v) is 6.05. The van der Waals surface area contributed by atoms with E-state index in [-0.39, 0.29) is 5.41 Å². The van der Waals surface area contributed by atoms with E-state index in [1.165, 1.54) is 17.6 Å². The van der Waals surface area contributed by atoms with Crippen LogP contribution < -0.4 is 5.32 Å². The highest BCUT2D eigenvalue weighted by molar-refractivity contribution is 5.15. The third-order valence-electron chi connectivity index (χ3n) is 6.05. The Morgan fingerprint density at radius 2 is 2.03 bits per heavy atom. The van der Waals surface area contributed by atoms with Gasteiger partial charge < -0.3 is 9.73 Å². The van der Waals surface area contributed by atoms with Crippen molar-refractivity contribution in [3.63, 3.8) is 0 Å². The van der Waals surface area contributed by atoms with Gasteiger partial charge in [0.25, 0.3) is 0 Å². The van der Waals surface area contributed by atoms with Crippen LogP contribution in [0, 0.1) is 23.7 Å². The highest BCUT2D eigenvalue weighted by Gasteiger charge is 2.32. The minimum Gasteiger partial charge on any atom is -0.425 e. The summed E-state index contributed by atoms with van der Waals surface area (Å²) < 4.78 is 5.97. The van der Waals surface area contributed by atoms with Crippen molar-refractivity contribution in [2.24, 2.45) is 23.7 Å². The van der Waals surface area contributed by atoms with Gasteiger partial charge >= 0.3 is 0 Å². The van der Waals surface area contributed by atoms with Crippen LogP contribution in [-0.4, -0.2) is 21.7 Å². The smallest absolute Gasteiger partial charge is 0.221 e. The van der Waals surface area contributed by atoms with E-state index in [9.17, 15) is 0 Å². The van der Waals surface area contributed by atoms with E-state index >= 15 is 0 Å². The van der Waals surface area contributed by atoms with Gasteiger partial charge in [-0.15, -0.1) is 10.2 Å². The molecule has 3 atom stereocenters. The van der Waals surface area contributed by atoms with E-state index in [0.29, 0.717) is 23.7 Å². The summed E-state index contributed by atoms with van der Waals surface area (Å²) in [6.07, 6.45) is 8.24. The number of hydrogen-bond donors (Lipinski definition) is 1. The molecule has 0 fully saturated rings. The van der Waals surface area contributed by atoms with Crippen LogP contribution in [0.5, 0.6) is 0 Å². The number of nitrogens with zero attached hydrogens (tertiary/aromatic N) is 3. The van der Waals surface area contributed by atoms with Crippen LogP contribution in [0.15, 0.2) is 40.6 Å². The van der Waals surface area contributed by atoms with Crippen molar-refractivity contribution in [2.75, 3.05) is 6.54 Å². The molecule has 1 aliphatic carbocycles. The van der Waals surface area contributed by atoms with Gasteiger partial charge in [-0.25, -0.2) is 0 Å². The topological polar surface area (TPSA) is 63.8 Å². The number of nitrogens with one attached hydrogen (secondary N) is 1. The van der Waals surface area contributed by atoms with E-state index in [1.54, 1.807) is 0 Å². The lowest BCUT2D eigenvalue weighted by Gasteiger charge is -2.37. The maximum Gasteiger partial charge on any atom is 0.221 e. The third kappa shape index (κ3) is 5.75. The van der Waals surface area contributed by atoms with E-state index in [2.05, 4.69) is 74.2 Å². The molecule has 0 bridgehead atoms. The Labute approximate surface area is 175 Å². The monoisotopic (exact) mass is 396 g/mol. The van der Waals surface area contributed by atoms with Crippen molar-refractivity contribution in [1.29, 1.82) is 0 Å². The summed E-state index contributed by atoms with van der Waals surface area (Å²) in [6, 6.07) is 4.11. The Morgan fingerprint density at radius 3 is 2.66 bits per heavy atom. The summed E-state index contributed by atoms with van der Waals surface area (Å²) in [7, 11) is 0. The van der Waals surface area contributed by atoms with Gasteiger partial charge in [-0.2, -0.15) is 0 Å². The van der Waals surface area contributed by atoms with Crippen molar-refractivity contribution in [3.8, 4) is 0 Å². The highest BCUT2D eigenvalue weighted by atomic mass is 16.4. The standard InChI is InChI=1S/C24H36N4O/c1-16(2)21-11-19(12-22-27-28-23(29-22)24(4,5)6)17(3)10-20(21)15-26-14-18-8-7-9-25-13-18/h7-10,13,16,19-21,26H,11-12,14-15H2,1-6H3. The number of pyridine rings is 1. The van der Waals surface area contributed by atoms with Crippen LogP contribution in [0.25, 0.3) is 0 Å². The molecule has 0 radical (unpaired) electrons. The lowest BCUT2D eigenvalue weighted by atomic mass is 9.70. The van der Waals surface area contributed by atoms with Crippen molar-refractivity contribution >= 4 is 0 Å². The molecule has 2 heterocycles. The molecule has 1 N–H and O–H groups in total. The van der Waals surface area contributed by atoms with Crippen molar-refractivity contribution in [1.82, 2.24) is 20.5 Å². The van der Waals surface area contributed by atoms with Crippen LogP contribution in [0.4, 0.5) is 0 Å². The summed E-state index contributed by atoms with van der Waals surface area (Å²) in [5.74, 6) is 3.81. The Hall–Kier alpha value is -2.01. The second kappa shape index (κ2) is 9.21. The van der Waals surface area contributed by atoms with Gasteiger partial charge in [-0.05, 0) is 48.6 Å². The fraction of sp³-hybridized carbons (Fsp3) is 0.625. The molecule has 0 amide bonds. The fourth-order valence-corrected chi connectivity index (χ4v) is 4.24. The Morgan fingerprint density at radius 1 is 1.24 bits per heavy atom. The van der Waals surface area contributed by atoms with E-state index in [4.69, 9.17) is 4.42 Å². The second-order valence-electron chi connectivity index (χ2n) is 9.86. The second-order valence-corrected chi connectivity index (χ2v) is 9.86. The Kier molecular flexibility index (Phi) is 6.89. The van der Waals surface area contributed by atoms with Crippen LogP contribution in [0.1, 0.15) is 65.3 Å². The van der Waals surface area contributed by atoms with Crippen molar-refractivity contribution in [3.05, 3.63) is 53.5 Å². The lowest BCUT2D eigenvalue weighted by Crippen LogP contribution is -2.34. The molecule has 3 unspecified atom stereocenters. The Balaban J connectivity index is 1.64. The molecule has 158 valence electrons. The van der Waals surface area contributed by atoms with Crippen molar-refractivity contribution in [2.45, 2.75) is 66.3 Å². The molecule has 0 saturated carbocycles. The number of rotatable bonds is 7. The number of allylic oxidation sites excluding steroid dienone is 1. The molecule has 0 aromatic carbocycles. The van der Waals surface area contributed by atoms with E-state index < -0.39 is 0 Å². The zero-order chi connectivity index (χ0) is 21.0. The van der Waals surface area contributed by atoms with E-state index in [0.717, 1.165) is 31.3 Å². The molecule has 0 spiro atoms. The molecule has 5 heteroatoms. The summed E-state index contributed by atoms with van der Waals surface area (Å²) >= 11 is 0. The molecule has 29 heavy (non-hydrogen) atoms. The first kappa shape index (κ1) is 21.7. The molecule has 0 aliphatic heterocycles. The maximum absolute atomic E-state index is 5.97. The van der Waals surface area contributed by atoms with Crippen molar-refractivity contribution < 1.29 is 4.42 Å². The molecule has 0 saturated heterocycles. The summed E-state index contributed by atoms with van der Waals surface area (Å²) in [5.41, 5.74) is 2.58. The van der Waals surface area contributed by atoms with Crippen LogP contribution >= 0.6 is 0 Å². The minimum atomic E-state index is -0.103. The minimum absolute atomic E-state index is 0.103. The SMILES string of the molecule is CC1=CC(CNCc2cccnc2)C(C(C)C)CC1Cc1nnc(C(C)(C)C)o1. The molecule has 5 nitrogen and oxygen atoms in total.